The van der Waals surface area contributed by atoms with E-state index in [0.29, 0.717) is 11.3 Å². The van der Waals surface area contributed by atoms with Crippen LogP contribution in [-0.2, 0) is 0 Å². The highest BCUT2D eigenvalue weighted by Crippen LogP contribution is 2.18. The summed E-state index contributed by atoms with van der Waals surface area (Å²) in [7, 11) is 0. The molecule has 0 spiro atoms. The number of nitrogens with zero attached hydrogens (tertiary/aromatic N) is 4. The molecule has 0 bridgehead atoms. The molecule has 0 aliphatic rings. The van der Waals surface area contributed by atoms with Crippen LogP contribution in [0.5, 0.6) is 0 Å². The lowest BCUT2D eigenvalue weighted by atomic mass is 10.1. The molecule has 2 heterocycles. The molecule has 0 unspecified atom stereocenters. The zero-order valence-electron chi connectivity index (χ0n) is 8.21. The Bertz CT molecular complexity index is 647. The van der Waals surface area contributed by atoms with Gasteiger partial charge < -0.3 is 0 Å². The number of hydrogen-bond acceptors (Lipinski definition) is 3. The molecule has 78 valence electrons. The van der Waals surface area contributed by atoms with Crippen LogP contribution in [-0.4, -0.2) is 19.6 Å². The van der Waals surface area contributed by atoms with Crippen molar-refractivity contribution in [1.82, 2.24) is 19.6 Å². The molecular formula is C11H7FN4. The quantitative estimate of drug-likeness (QED) is 0.621. The van der Waals surface area contributed by atoms with E-state index >= 15 is 0 Å². The summed E-state index contributed by atoms with van der Waals surface area (Å²) in [6.45, 7) is 0. The summed E-state index contributed by atoms with van der Waals surface area (Å²) < 4.78 is 14.7. The van der Waals surface area contributed by atoms with Crippen LogP contribution in [0.25, 0.3) is 16.9 Å². The van der Waals surface area contributed by atoms with Crippen LogP contribution in [0.2, 0.25) is 0 Å². The van der Waals surface area contributed by atoms with Crippen LogP contribution < -0.4 is 0 Å². The highest BCUT2D eigenvalue weighted by Gasteiger charge is 2.03. The Morgan fingerprint density at radius 1 is 1.12 bits per heavy atom. The molecule has 0 fully saturated rings. The molecule has 0 N–H and O–H groups in total. The maximum atomic E-state index is 13.0. The predicted octanol–water partition coefficient (Wildman–Crippen LogP) is 1.93. The van der Waals surface area contributed by atoms with Gasteiger partial charge in [0.15, 0.2) is 5.65 Å². The lowest BCUT2D eigenvalue weighted by Gasteiger charge is -2.00. The van der Waals surface area contributed by atoms with Crippen LogP contribution in [0.4, 0.5) is 4.39 Å². The first-order chi connectivity index (χ1) is 7.83. The Hall–Kier alpha value is -2.30. The molecule has 0 radical (unpaired) electrons. The van der Waals surface area contributed by atoms with Crippen LogP contribution in [0, 0.1) is 5.82 Å². The van der Waals surface area contributed by atoms with Crippen molar-refractivity contribution in [1.29, 1.82) is 0 Å². The van der Waals surface area contributed by atoms with E-state index in [1.165, 1.54) is 12.1 Å². The molecule has 4 nitrogen and oxygen atoms in total. The van der Waals surface area contributed by atoms with Gasteiger partial charge in [-0.05, 0) is 12.1 Å². The van der Waals surface area contributed by atoms with Crippen molar-refractivity contribution < 1.29 is 4.39 Å². The number of benzene rings is 1. The fourth-order valence-corrected chi connectivity index (χ4v) is 1.53. The minimum atomic E-state index is -0.277. The van der Waals surface area contributed by atoms with Crippen LogP contribution in [0.3, 0.4) is 0 Å². The maximum Gasteiger partial charge on any atom is 0.163 e. The molecule has 0 amide bonds. The van der Waals surface area contributed by atoms with Gasteiger partial charge in [0.1, 0.15) is 18.5 Å². The smallest absolute Gasteiger partial charge is 0.163 e. The van der Waals surface area contributed by atoms with Gasteiger partial charge in [-0.2, -0.15) is 0 Å². The first-order valence-electron chi connectivity index (χ1n) is 4.74. The van der Waals surface area contributed by atoms with E-state index in [4.69, 9.17) is 0 Å². The molecular weight excluding hydrogens is 207 g/mol. The minimum Gasteiger partial charge on any atom is -0.272 e. The van der Waals surface area contributed by atoms with E-state index in [9.17, 15) is 4.39 Å². The van der Waals surface area contributed by atoms with Crippen molar-refractivity contribution >= 4 is 5.65 Å². The molecule has 0 aliphatic carbocycles. The second kappa shape index (κ2) is 3.37. The van der Waals surface area contributed by atoms with Crippen molar-refractivity contribution in [3.8, 4) is 11.3 Å². The van der Waals surface area contributed by atoms with Crippen molar-refractivity contribution in [3.63, 3.8) is 0 Å². The molecule has 3 aromatic rings. The predicted molar refractivity (Wildman–Crippen MR) is 56.2 cm³/mol. The second-order valence-corrected chi connectivity index (χ2v) is 3.38. The summed E-state index contributed by atoms with van der Waals surface area (Å²) in [5, 5.41) is 7.66. The third-order valence-electron chi connectivity index (χ3n) is 2.31. The van der Waals surface area contributed by atoms with Gasteiger partial charge in [0.05, 0.1) is 5.69 Å². The number of fused-ring (bicyclic) bond motifs is 1. The van der Waals surface area contributed by atoms with E-state index in [2.05, 4.69) is 15.2 Å². The highest BCUT2D eigenvalue weighted by molar-refractivity contribution is 5.62. The van der Waals surface area contributed by atoms with Gasteiger partial charge in [0, 0.05) is 11.6 Å². The molecule has 2 aromatic heterocycles. The standard InChI is InChI=1S/C11H7FN4/c12-9-3-1-2-8(4-9)10-5-11-15-14-7-16(11)6-13-10/h1-7H. The molecule has 0 atom stereocenters. The Kier molecular flexibility index (Phi) is 1.89. The van der Waals surface area contributed by atoms with Gasteiger partial charge in [0.25, 0.3) is 0 Å². The van der Waals surface area contributed by atoms with Crippen LogP contribution >= 0.6 is 0 Å². The normalized spacial score (nSPS) is 10.8. The number of hydrogen-bond donors (Lipinski definition) is 0. The average Bonchev–Trinajstić information content (AvgIpc) is 2.75. The van der Waals surface area contributed by atoms with Gasteiger partial charge >= 0.3 is 0 Å². The number of halogens is 1. The van der Waals surface area contributed by atoms with E-state index < -0.39 is 0 Å². The highest BCUT2D eigenvalue weighted by atomic mass is 19.1. The van der Waals surface area contributed by atoms with E-state index in [-0.39, 0.29) is 5.82 Å². The molecule has 5 heteroatoms. The summed E-state index contributed by atoms with van der Waals surface area (Å²) in [6.07, 6.45) is 3.17. The molecule has 0 saturated carbocycles. The first-order valence-corrected chi connectivity index (χ1v) is 4.74. The van der Waals surface area contributed by atoms with Gasteiger partial charge in [-0.15, -0.1) is 10.2 Å². The Balaban J connectivity index is 2.18. The second-order valence-electron chi connectivity index (χ2n) is 3.38. The van der Waals surface area contributed by atoms with Gasteiger partial charge in [-0.25, -0.2) is 9.37 Å². The minimum absolute atomic E-state index is 0.277. The fourth-order valence-electron chi connectivity index (χ4n) is 1.53. The SMILES string of the molecule is Fc1cccc(-c2cc3nncn3cn2)c1. The Morgan fingerprint density at radius 2 is 2.06 bits per heavy atom. The third kappa shape index (κ3) is 1.42. The van der Waals surface area contributed by atoms with Gasteiger partial charge in [-0.3, -0.25) is 4.40 Å². The summed E-state index contributed by atoms with van der Waals surface area (Å²) in [4.78, 5) is 4.21. The van der Waals surface area contributed by atoms with Gasteiger partial charge in [0.2, 0.25) is 0 Å². The van der Waals surface area contributed by atoms with Crippen molar-refractivity contribution in [2.45, 2.75) is 0 Å². The summed E-state index contributed by atoms with van der Waals surface area (Å²) in [5.74, 6) is -0.277. The summed E-state index contributed by atoms with van der Waals surface area (Å²) >= 11 is 0. The van der Waals surface area contributed by atoms with Gasteiger partial charge in [-0.1, -0.05) is 12.1 Å². The maximum absolute atomic E-state index is 13.0. The average molecular weight is 214 g/mol. The number of aromatic nitrogens is 4. The Labute approximate surface area is 90.4 Å². The third-order valence-corrected chi connectivity index (χ3v) is 2.31. The number of rotatable bonds is 1. The van der Waals surface area contributed by atoms with E-state index in [1.807, 2.05) is 0 Å². The van der Waals surface area contributed by atoms with Crippen molar-refractivity contribution in [3.05, 3.63) is 48.8 Å². The lowest BCUT2D eigenvalue weighted by Crippen LogP contribution is -1.89. The summed E-state index contributed by atoms with van der Waals surface area (Å²) in [5.41, 5.74) is 2.10. The Morgan fingerprint density at radius 3 is 2.94 bits per heavy atom. The first kappa shape index (κ1) is 8.96. The van der Waals surface area contributed by atoms with Crippen molar-refractivity contribution in [2.24, 2.45) is 0 Å². The van der Waals surface area contributed by atoms with Crippen molar-refractivity contribution in [2.75, 3.05) is 0 Å². The van der Waals surface area contributed by atoms with Crippen LogP contribution in [0.1, 0.15) is 0 Å². The van der Waals surface area contributed by atoms with E-state index in [1.54, 1.807) is 35.3 Å². The fraction of sp³-hybridized carbons (Fsp3) is 0. The lowest BCUT2D eigenvalue weighted by molar-refractivity contribution is 0.628. The summed E-state index contributed by atoms with van der Waals surface area (Å²) in [6, 6.07) is 8.06. The monoisotopic (exact) mass is 214 g/mol. The molecule has 16 heavy (non-hydrogen) atoms. The van der Waals surface area contributed by atoms with E-state index in [0.717, 1.165) is 5.56 Å². The largest absolute Gasteiger partial charge is 0.272 e. The zero-order valence-corrected chi connectivity index (χ0v) is 8.21. The topological polar surface area (TPSA) is 43.1 Å². The molecule has 0 aliphatic heterocycles. The molecule has 1 aromatic carbocycles. The molecule has 0 saturated heterocycles. The molecule has 3 rings (SSSR count). The zero-order chi connectivity index (χ0) is 11.0. The van der Waals surface area contributed by atoms with Crippen LogP contribution in [0.15, 0.2) is 43.0 Å².